The Kier molecular flexibility index (Phi) is 3.12. The van der Waals surface area contributed by atoms with Gasteiger partial charge >= 0.3 is 6.03 Å². The van der Waals surface area contributed by atoms with Crippen LogP contribution in [0.2, 0.25) is 0 Å². The van der Waals surface area contributed by atoms with Crippen molar-refractivity contribution < 1.29 is 9.53 Å². The molecular formula is C19H22N4O2S. The Morgan fingerprint density at radius 3 is 3.04 bits per heavy atom. The Labute approximate surface area is 156 Å². The summed E-state index contributed by atoms with van der Waals surface area (Å²) in [4.78, 5) is 22.2. The first-order valence-electron chi connectivity index (χ1n) is 9.57. The standard InChI is InChI=1S/C19H22N4O2S/c1-22(10-2-3-10)13-5-4-12-17(13)23(18(24)20-12)19-21-16-11-8-9-25-14(11)6-7-15(16)26-19/h6-7,10,12-13,17H,2-5,8-9H2,1H3,(H,20,24)/t12-,13-,17-/m1/s1. The number of hydrogen-bond donors (Lipinski definition) is 1. The lowest BCUT2D eigenvalue weighted by atomic mass is 10.1. The molecule has 4 aliphatic rings. The Morgan fingerprint density at radius 1 is 1.31 bits per heavy atom. The van der Waals surface area contributed by atoms with E-state index in [1.54, 1.807) is 11.3 Å². The SMILES string of the molecule is CN(C1CC1)[C@@H]1CC[C@H]2NC(=O)N(c3nc4c5c(ccc4s3)OCC5)[C@@H]12. The highest BCUT2D eigenvalue weighted by molar-refractivity contribution is 7.22. The fraction of sp³-hybridized carbons (Fsp3) is 0.579. The van der Waals surface area contributed by atoms with E-state index in [0.29, 0.717) is 12.1 Å². The number of carbonyl (C=O) groups is 1. The monoisotopic (exact) mass is 370 g/mol. The normalized spacial score (nSPS) is 30.0. The average Bonchev–Trinajstić information content (AvgIpc) is 2.98. The zero-order valence-corrected chi connectivity index (χ0v) is 15.6. The quantitative estimate of drug-likeness (QED) is 0.903. The van der Waals surface area contributed by atoms with Gasteiger partial charge in [-0.3, -0.25) is 9.80 Å². The van der Waals surface area contributed by atoms with Crippen LogP contribution in [0.4, 0.5) is 9.93 Å². The van der Waals surface area contributed by atoms with Crippen molar-refractivity contribution in [3.63, 3.8) is 0 Å². The van der Waals surface area contributed by atoms with Crippen molar-refractivity contribution >= 4 is 32.7 Å². The molecule has 0 bridgehead atoms. The van der Waals surface area contributed by atoms with Crippen LogP contribution in [-0.4, -0.2) is 53.7 Å². The van der Waals surface area contributed by atoms with Crippen molar-refractivity contribution in [2.45, 2.75) is 56.3 Å². The van der Waals surface area contributed by atoms with Crippen LogP contribution >= 0.6 is 11.3 Å². The van der Waals surface area contributed by atoms with E-state index in [4.69, 9.17) is 9.72 Å². The molecule has 0 spiro atoms. The van der Waals surface area contributed by atoms with Crippen LogP contribution in [0.3, 0.4) is 0 Å². The maximum absolute atomic E-state index is 12.8. The first-order valence-corrected chi connectivity index (χ1v) is 10.4. The summed E-state index contributed by atoms with van der Waals surface area (Å²) in [5.74, 6) is 0.949. The number of aromatic nitrogens is 1. The summed E-state index contributed by atoms with van der Waals surface area (Å²) in [5, 5.41) is 4.04. The smallest absolute Gasteiger partial charge is 0.324 e. The van der Waals surface area contributed by atoms with Gasteiger partial charge in [-0.15, -0.1) is 0 Å². The van der Waals surface area contributed by atoms with Crippen molar-refractivity contribution in [3.8, 4) is 5.75 Å². The molecule has 6 rings (SSSR count). The fourth-order valence-electron chi connectivity index (χ4n) is 5.01. The predicted molar refractivity (Wildman–Crippen MR) is 101 cm³/mol. The molecule has 7 heteroatoms. The Balaban J connectivity index is 1.41. The third-order valence-electron chi connectivity index (χ3n) is 6.48. The van der Waals surface area contributed by atoms with E-state index in [0.717, 1.165) is 47.0 Å². The van der Waals surface area contributed by atoms with Gasteiger partial charge in [-0.1, -0.05) is 11.3 Å². The Hall–Kier alpha value is -1.86. The fourth-order valence-corrected chi connectivity index (χ4v) is 6.04. The molecule has 3 atom stereocenters. The minimum Gasteiger partial charge on any atom is -0.493 e. The predicted octanol–water partition coefficient (Wildman–Crippen LogP) is 2.75. The number of carbonyl (C=O) groups excluding carboxylic acids is 1. The molecule has 2 aliphatic carbocycles. The molecule has 2 saturated carbocycles. The molecule has 1 aromatic carbocycles. The van der Waals surface area contributed by atoms with E-state index in [-0.39, 0.29) is 18.1 Å². The van der Waals surface area contributed by atoms with Gasteiger partial charge < -0.3 is 10.1 Å². The first-order chi connectivity index (χ1) is 12.7. The van der Waals surface area contributed by atoms with Gasteiger partial charge in [0, 0.05) is 24.1 Å². The van der Waals surface area contributed by atoms with E-state index in [2.05, 4.69) is 23.3 Å². The number of urea groups is 1. The number of hydrogen-bond acceptors (Lipinski definition) is 5. The molecule has 1 N–H and O–H groups in total. The van der Waals surface area contributed by atoms with Crippen LogP contribution in [-0.2, 0) is 6.42 Å². The van der Waals surface area contributed by atoms with E-state index < -0.39 is 0 Å². The van der Waals surface area contributed by atoms with Gasteiger partial charge in [-0.25, -0.2) is 9.78 Å². The number of fused-ring (bicyclic) bond motifs is 4. The van der Waals surface area contributed by atoms with E-state index in [1.807, 2.05) is 11.0 Å². The van der Waals surface area contributed by atoms with Gasteiger partial charge in [0.05, 0.1) is 28.9 Å². The zero-order valence-electron chi connectivity index (χ0n) is 14.8. The van der Waals surface area contributed by atoms with Crippen LogP contribution in [0.15, 0.2) is 12.1 Å². The van der Waals surface area contributed by atoms with Gasteiger partial charge in [0.1, 0.15) is 5.75 Å². The summed E-state index contributed by atoms with van der Waals surface area (Å²) in [5.41, 5.74) is 2.21. The van der Waals surface area contributed by atoms with Crippen molar-refractivity contribution in [2.75, 3.05) is 18.6 Å². The number of nitrogens with one attached hydrogen (secondary N) is 1. The third-order valence-corrected chi connectivity index (χ3v) is 7.50. The van der Waals surface area contributed by atoms with Crippen LogP contribution in [0.1, 0.15) is 31.2 Å². The number of likely N-dealkylation sites (N-methyl/N-ethyl adjacent to an activating group) is 1. The van der Waals surface area contributed by atoms with Crippen molar-refractivity contribution in [3.05, 3.63) is 17.7 Å². The molecule has 2 aromatic rings. The summed E-state index contributed by atoms with van der Waals surface area (Å²) < 4.78 is 6.82. The van der Waals surface area contributed by atoms with Gasteiger partial charge in [0.2, 0.25) is 0 Å². The number of benzene rings is 1. The molecule has 0 unspecified atom stereocenters. The van der Waals surface area contributed by atoms with Gasteiger partial charge in [-0.05, 0) is 44.9 Å². The molecule has 1 saturated heterocycles. The molecule has 1 aromatic heterocycles. The highest BCUT2D eigenvalue weighted by atomic mass is 32.1. The maximum atomic E-state index is 12.8. The minimum absolute atomic E-state index is 0.0147. The molecule has 2 aliphatic heterocycles. The number of anilines is 1. The summed E-state index contributed by atoms with van der Waals surface area (Å²) in [6, 6.07) is 5.70. The second-order valence-electron chi connectivity index (χ2n) is 7.94. The van der Waals surface area contributed by atoms with Crippen LogP contribution in [0.5, 0.6) is 5.75 Å². The second-order valence-corrected chi connectivity index (χ2v) is 8.95. The van der Waals surface area contributed by atoms with Crippen LogP contribution in [0.25, 0.3) is 10.2 Å². The Bertz CT molecular complexity index is 908. The zero-order chi connectivity index (χ0) is 17.4. The number of rotatable bonds is 3. The molecule has 6 nitrogen and oxygen atoms in total. The lowest BCUT2D eigenvalue weighted by molar-refractivity contribution is 0.215. The van der Waals surface area contributed by atoms with Crippen LogP contribution in [0, 0.1) is 0 Å². The topological polar surface area (TPSA) is 57.7 Å². The highest BCUT2D eigenvalue weighted by Gasteiger charge is 2.52. The number of ether oxygens (including phenoxy) is 1. The average molecular weight is 370 g/mol. The molecule has 3 heterocycles. The first kappa shape index (κ1) is 15.2. The summed E-state index contributed by atoms with van der Waals surface area (Å²) >= 11 is 1.63. The van der Waals surface area contributed by atoms with Gasteiger partial charge in [0.15, 0.2) is 5.13 Å². The number of amides is 2. The Morgan fingerprint density at radius 2 is 2.19 bits per heavy atom. The molecule has 136 valence electrons. The van der Waals surface area contributed by atoms with E-state index in [9.17, 15) is 4.79 Å². The van der Waals surface area contributed by atoms with Gasteiger partial charge in [-0.2, -0.15) is 0 Å². The van der Waals surface area contributed by atoms with Crippen LogP contribution < -0.4 is 15.0 Å². The molecule has 26 heavy (non-hydrogen) atoms. The molecule has 0 radical (unpaired) electrons. The minimum atomic E-state index is 0.0147. The van der Waals surface area contributed by atoms with E-state index >= 15 is 0 Å². The lowest BCUT2D eigenvalue weighted by Crippen LogP contribution is -2.49. The summed E-state index contributed by atoms with van der Waals surface area (Å²) in [6.45, 7) is 0.727. The summed E-state index contributed by atoms with van der Waals surface area (Å²) in [7, 11) is 2.23. The molecular weight excluding hydrogens is 348 g/mol. The van der Waals surface area contributed by atoms with Crippen molar-refractivity contribution in [1.29, 1.82) is 0 Å². The second kappa shape index (κ2) is 5.33. The number of thiazole rings is 1. The molecule has 3 fully saturated rings. The van der Waals surface area contributed by atoms with Gasteiger partial charge in [0.25, 0.3) is 0 Å². The number of nitrogens with zero attached hydrogens (tertiary/aromatic N) is 3. The largest absolute Gasteiger partial charge is 0.493 e. The molecule has 2 amide bonds. The maximum Gasteiger partial charge on any atom is 0.324 e. The van der Waals surface area contributed by atoms with Crippen molar-refractivity contribution in [1.82, 2.24) is 15.2 Å². The van der Waals surface area contributed by atoms with E-state index in [1.165, 1.54) is 18.4 Å². The highest BCUT2D eigenvalue weighted by Crippen LogP contribution is 2.43. The lowest BCUT2D eigenvalue weighted by Gasteiger charge is -2.32. The summed E-state index contributed by atoms with van der Waals surface area (Å²) in [6.07, 6.45) is 5.69. The van der Waals surface area contributed by atoms with Crippen molar-refractivity contribution in [2.24, 2.45) is 0 Å². The third kappa shape index (κ3) is 2.07.